The smallest absolute Gasteiger partial charge is 0.339 e. The zero-order valence-electron chi connectivity index (χ0n) is 21.3. The Balaban J connectivity index is 0. The molecule has 3 aromatic carbocycles. The van der Waals surface area contributed by atoms with Crippen LogP contribution in [0.15, 0.2) is 72.8 Å². The Morgan fingerprint density at radius 2 is 0.974 bits per heavy atom. The van der Waals surface area contributed by atoms with Crippen molar-refractivity contribution in [2.45, 2.75) is 0 Å². The minimum atomic E-state index is -1.18. The molecule has 0 atom stereocenters. The summed E-state index contributed by atoms with van der Waals surface area (Å²) < 4.78 is 0.844. The fourth-order valence-electron chi connectivity index (χ4n) is 2.25. The molecule has 0 saturated heterocycles. The number of benzene rings is 3. The van der Waals surface area contributed by atoms with Gasteiger partial charge in [0.1, 0.15) is 29.2 Å². The molecule has 0 heterocycles. The molecule has 0 fully saturated rings. The number of phenols is 2. The molecule has 0 aliphatic heterocycles. The number of hydrogen-bond donors (Lipinski definition) is 6. The molecule has 0 saturated carbocycles. The summed E-state index contributed by atoms with van der Waals surface area (Å²) >= 11 is 0. The quantitative estimate of drug-likeness (QED) is 0.205. The lowest BCUT2D eigenvalue weighted by Gasteiger charge is -2.21. The number of aromatic carboxylic acids is 3. The van der Waals surface area contributed by atoms with Crippen LogP contribution in [0, 0.1) is 0 Å². The van der Waals surface area contributed by atoms with Crippen molar-refractivity contribution in [3.05, 3.63) is 89.5 Å². The number of aliphatic hydroxyl groups is 1. The van der Waals surface area contributed by atoms with E-state index < -0.39 is 23.7 Å². The molecule has 11 nitrogen and oxygen atoms in total. The van der Waals surface area contributed by atoms with Gasteiger partial charge in [0.05, 0.1) is 33.3 Å². The second kappa shape index (κ2) is 18.4. The number of aromatic hydroxyl groups is 2. The van der Waals surface area contributed by atoms with Gasteiger partial charge >= 0.3 is 17.9 Å². The Kier molecular flexibility index (Phi) is 17.6. The van der Waals surface area contributed by atoms with E-state index in [9.17, 15) is 19.5 Å². The van der Waals surface area contributed by atoms with Crippen LogP contribution in [0.4, 0.5) is 0 Å². The van der Waals surface area contributed by atoms with E-state index in [1.54, 1.807) is 24.3 Å². The summed E-state index contributed by atoms with van der Waals surface area (Å²) in [4.78, 5) is 30.7. The van der Waals surface area contributed by atoms with Crippen LogP contribution in [-0.4, -0.2) is 110 Å². The Hall–Kier alpha value is -3.84. The van der Waals surface area contributed by atoms with E-state index >= 15 is 0 Å². The van der Waals surface area contributed by atoms with E-state index in [4.69, 9.17) is 30.6 Å². The van der Waals surface area contributed by atoms with Crippen molar-refractivity contribution in [2.24, 2.45) is 0 Å². The average molecular weight is 542 g/mol. The topological polar surface area (TPSA) is 196 Å². The first-order valence-corrected chi connectivity index (χ1v) is 10.6. The fourth-order valence-corrected chi connectivity index (χ4v) is 2.25. The van der Waals surface area contributed by atoms with Crippen molar-refractivity contribution in [1.82, 2.24) is 0 Å². The molecule has 0 bridgehead atoms. The largest absolute Gasteiger partial charge is 0.872 e. The highest BCUT2D eigenvalue weighted by molar-refractivity contribution is 5.91. The number of carboxylic acids is 3. The summed E-state index contributed by atoms with van der Waals surface area (Å²) in [6.45, 7) is 1.11. The minimum Gasteiger partial charge on any atom is -0.872 e. The average Bonchev–Trinajstić information content (AvgIpc) is 2.80. The number of nitrogens with zero attached hydrogens (tertiary/aromatic N) is 1. The lowest BCUT2D eigenvalue weighted by atomic mass is 10.2. The number of para-hydroxylation sites is 3. The van der Waals surface area contributed by atoms with Crippen LogP contribution in [0.3, 0.4) is 0 Å². The zero-order valence-corrected chi connectivity index (χ0v) is 22.7. The van der Waals surface area contributed by atoms with Crippen molar-refractivity contribution in [1.29, 1.82) is 0 Å². The van der Waals surface area contributed by atoms with Crippen molar-refractivity contribution in [3.63, 3.8) is 0 Å². The van der Waals surface area contributed by atoms with E-state index in [2.05, 4.69) is 21.1 Å². The Bertz CT molecular complexity index is 1030. The molecule has 0 aromatic heterocycles. The Morgan fingerprint density at radius 3 is 1.16 bits per heavy atom. The summed E-state index contributed by atoms with van der Waals surface area (Å²) in [6, 6.07) is 17.2. The van der Waals surface area contributed by atoms with E-state index in [0.29, 0.717) is 0 Å². The normalized spacial score (nSPS) is 9.47. The van der Waals surface area contributed by atoms with Crippen LogP contribution in [0.25, 0.3) is 0 Å². The highest BCUT2D eigenvalue weighted by Gasteiger charge is 2.06. The predicted molar refractivity (Wildman–Crippen MR) is 139 cm³/mol. The van der Waals surface area contributed by atoms with Gasteiger partial charge in [-0.25, -0.2) is 14.4 Å². The van der Waals surface area contributed by atoms with Gasteiger partial charge in [0.25, 0.3) is 0 Å². The third kappa shape index (κ3) is 15.3. The molecule has 3 rings (SSSR count). The maximum atomic E-state index is 10.7. The molecule has 0 spiro atoms. The Morgan fingerprint density at radius 1 is 0.658 bits per heavy atom. The van der Waals surface area contributed by atoms with Crippen LogP contribution in [0.5, 0.6) is 17.2 Å². The number of hydrogen-bond acceptors (Lipinski definition) is 7. The SMILES string of the molecule is C[N+](C)(C)CCO.O=C(O)c1ccccc1O.O=C(O)c1ccccc1O.O=C(O)c1ccccc1[O-].[Mg]. The van der Waals surface area contributed by atoms with E-state index in [0.717, 1.165) is 11.0 Å². The molecule has 0 amide bonds. The van der Waals surface area contributed by atoms with Crippen LogP contribution in [0.1, 0.15) is 31.1 Å². The van der Waals surface area contributed by atoms with Gasteiger partial charge in [-0.3, -0.25) is 0 Å². The first-order chi connectivity index (χ1) is 17.2. The number of rotatable bonds is 5. The van der Waals surface area contributed by atoms with E-state index in [1.807, 2.05) is 0 Å². The van der Waals surface area contributed by atoms with Gasteiger partial charge in [0.15, 0.2) is 0 Å². The van der Waals surface area contributed by atoms with Crippen LogP contribution in [-0.2, 0) is 0 Å². The molecule has 0 unspecified atom stereocenters. The zero-order chi connectivity index (χ0) is 28.6. The monoisotopic (exact) mass is 541 g/mol. The fraction of sp³-hybridized carbons (Fsp3) is 0.192. The number of likely N-dealkylation sites (N-methyl/N-ethyl adjacent to an activating group) is 1. The predicted octanol–water partition coefficient (Wildman–Crippen LogP) is 1.94. The van der Waals surface area contributed by atoms with E-state index in [-0.39, 0.29) is 57.8 Å². The lowest BCUT2D eigenvalue weighted by molar-refractivity contribution is -0.870. The van der Waals surface area contributed by atoms with Gasteiger partial charge in [-0.2, -0.15) is 0 Å². The maximum Gasteiger partial charge on any atom is 0.339 e. The second-order valence-electron chi connectivity index (χ2n) is 8.18. The van der Waals surface area contributed by atoms with Crippen molar-refractivity contribution < 1.29 is 54.6 Å². The number of aliphatic hydroxyl groups excluding tert-OH is 1. The molecule has 0 aliphatic carbocycles. The van der Waals surface area contributed by atoms with Crippen LogP contribution >= 0.6 is 0 Å². The van der Waals surface area contributed by atoms with E-state index in [1.165, 1.54) is 48.5 Å². The van der Waals surface area contributed by atoms with Gasteiger partial charge in [0.2, 0.25) is 0 Å². The molecule has 202 valence electrons. The van der Waals surface area contributed by atoms with Crippen LogP contribution < -0.4 is 5.11 Å². The second-order valence-corrected chi connectivity index (χ2v) is 8.18. The molecular weight excluding hydrogens is 511 g/mol. The van der Waals surface area contributed by atoms with Crippen molar-refractivity contribution >= 4 is 41.0 Å². The van der Waals surface area contributed by atoms with Gasteiger partial charge in [-0.15, -0.1) is 0 Å². The van der Waals surface area contributed by atoms with Crippen molar-refractivity contribution in [2.75, 3.05) is 34.3 Å². The van der Waals surface area contributed by atoms with Gasteiger partial charge in [-0.05, 0) is 30.3 Å². The van der Waals surface area contributed by atoms with Crippen molar-refractivity contribution in [3.8, 4) is 17.2 Å². The van der Waals surface area contributed by atoms with Gasteiger partial charge < -0.3 is 40.2 Å². The molecule has 2 radical (unpaired) electrons. The summed E-state index contributed by atoms with van der Waals surface area (Å²) in [7, 11) is 6.16. The standard InChI is InChI=1S/3C7H6O3.C5H14NO.Mg/c3*8-6-4-2-1-3-5(6)7(9)10;1-6(2,3)4-5-7;/h3*1-4,8H,(H,9,10);7H,4-5H2,1-3H3;/q;;;+1;/p-1. The summed E-state index contributed by atoms with van der Waals surface area (Å²) in [5.74, 6) is -4.25. The number of quaternary nitrogens is 1. The summed E-state index contributed by atoms with van der Waals surface area (Å²) in [5.41, 5.74) is -0.312. The molecule has 6 N–H and O–H groups in total. The first-order valence-electron chi connectivity index (χ1n) is 10.6. The third-order valence-electron chi connectivity index (χ3n) is 4.16. The lowest BCUT2D eigenvalue weighted by Crippen LogP contribution is -2.36. The maximum absolute atomic E-state index is 10.7. The molecule has 0 aliphatic rings. The number of carboxylic acid groups (broad SMARTS) is 3. The molecule has 3 aromatic rings. The summed E-state index contributed by atoms with van der Waals surface area (Å²) in [5, 5.41) is 62.0. The third-order valence-corrected chi connectivity index (χ3v) is 4.16. The van der Waals surface area contributed by atoms with Gasteiger partial charge in [-0.1, -0.05) is 48.2 Å². The highest BCUT2D eigenvalue weighted by Crippen LogP contribution is 2.15. The van der Waals surface area contributed by atoms with Gasteiger partial charge in [0, 0.05) is 23.1 Å². The molecule has 38 heavy (non-hydrogen) atoms. The molecule has 12 heteroatoms. The van der Waals surface area contributed by atoms with Crippen LogP contribution in [0.2, 0.25) is 0 Å². The Labute approximate surface area is 236 Å². The molecular formula is C26H31MgNO10. The first kappa shape index (κ1) is 36.3. The number of carbonyl (C=O) groups is 3. The summed E-state index contributed by atoms with van der Waals surface area (Å²) in [6.07, 6.45) is 0. The highest BCUT2D eigenvalue weighted by atomic mass is 24.3. The minimum absolute atomic E-state index is 0.